The fourth-order valence-electron chi connectivity index (χ4n) is 3.52. The summed E-state index contributed by atoms with van der Waals surface area (Å²) in [6.07, 6.45) is 12.6. The molecule has 100 valence electrons. The van der Waals surface area contributed by atoms with Crippen LogP contribution in [0.5, 0.6) is 0 Å². The molecule has 2 saturated carbocycles. The van der Waals surface area contributed by atoms with Gasteiger partial charge in [0.05, 0.1) is 6.10 Å². The third kappa shape index (κ3) is 3.96. The first-order chi connectivity index (χ1) is 8.29. The van der Waals surface area contributed by atoms with Crippen molar-refractivity contribution >= 4 is 0 Å². The summed E-state index contributed by atoms with van der Waals surface area (Å²) in [6, 6.07) is 1.05. The minimum atomic E-state index is -0.0959. The van der Waals surface area contributed by atoms with Gasteiger partial charge in [0.2, 0.25) is 0 Å². The van der Waals surface area contributed by atoms with E-state index in [0.29, 0.717) is 12.1 Å². The molecule has 2 rings (SSSR count). The molecule has 2 N–H and O–H groups in total. The molecule has 0 aromatic carbocycles. The zero-order valence-electron chi connectivity index (χ0n) is 11.3. The predicted octanol–water partition coefficient (Wildman–Crippen LogP) is 3.24. The first-order valence-electron chi connectivity index (χ1n) is 7.73. The highest BCUT2D eigenvalue weighted by Crippen LogP contribution is 2.28. The number of nitrogens with one attached hydrogen (secondary N) is 1. The number of hydrogen-bond donors (Lipinski definition) is 2. The van der Waals surface area contributed by atoms with Gasteiger partial charge in [0.15, 0.2) is 0 Å². The van der Waals surface area contributed by atoms with E-state index in [1.165, 1.54) is 57.8 Å². The third-order valence-electron chi connectivity index (χ3n) is 4.85. The van der Waals surface area contributed by atoms with E-state index >= 15 is 0 Å². The molecule has 2 fully saturated rings. The van der Waals surface area contributed by atoms with Crippen molar-refractivity contribution in [3.05, 3.63) is 0 Å². The van der Waals surface area contributed by atoms with Crippen molar-refractivity contribution in [2.24, 2.45) is 5.92 Å². The van der Waals surface area contributed by atoms with Gasteiger partial charge in [-0.15, -0.1) is 0 Å². The molecule has 0 amide bonds. The van der Waals surface area contributed by atoms with Gasteiger partial charge < -0.3 is 10.4 Å². The highest BCUT2D eigenvalue weighted by molar-refractivity contribution is 4.85. The second kappa shape index (κ2) is 6.75. The van der Waals surface area contributed by atoms with Gasteiger partial charge in [0.1, 0.15) is 0 Å². The Hall–Kier alpha value is -0.0800. The van der Waals surface area contributed by atoms with Gasteiger partial charge in [-0.2, -0.15) is 0 Å². The Bertz CT molecular complexity index is 211. The average Bonchev–Trinajstić information content (AvgIpc) is 2.56. The van der Waals surface area contributed by atoms with Crippen molar-refractivity contribution in [1.29, 1.82) is 0 Å². The van der Waals surface area contributed by atoms with Crippen LogP contribution in [0, 0.1) is 5.92 Å². The molecule has 0 radical (unpaired) electrons. The molecule has 2 atom stereocenters. The monoisotopic (exact) mass is 239 g/mol. The average molecular weight is 239 g/mol. The van der Waals surface area contributed by atoms with Gasteiger partial charge in [0, 0.05) is 12.1 Å². The van der Waals surface area contributed by atoms with E-state index in [0.717, 1.165) is 12.3 Å². The Balaban J connectivity index is 1.76. The lowest BCUT2D eigenvalue weighted by Crippen LogP contribution is -2.46. The summed E-state index contributed by atoms with van der Waals surface area (Å²) < 4.78 is 0. The van der Waals surface area contributed by atoms with E-state index < -0.39 is 0 Å². The van der Waals surface area contributed by atoms with Gasteiger partial charge in [-0.1, -0.05) is 32.6 Å². The maximum Gasteiger partial charge on any atom is 0.0693 e. The molecule has 0 aromatic rings. The Morgan fingerprint density at radius 3 is 2.35 bits per heavy atom. The Labute approximate surface area is 106 Å². The first kappa shape index (κ1) is 13.4. The molecule has 2 aliphatic carbocycles. The van der Waals surface area contributed by atoms with Crippen LogP contribution in [-0.4, -0.2) is 23.3 Å². The smallest absolute Gasteiger partial charge is 0.0693 e. The molecule has 2 nitrogen and oxygen atoms in total. The van der Waals surface area contributed by atoms with Crippen LogP contribution in [0.4, 0.5) is 0 Å². The second-order valence-corrected chi connectivity index (χ2v) is 6.10. The van der Waals surface area contributed by atoms with E-state index in [-0.39, 0.29) is 6.10 Å². The summed E-state index contributed by atoms with van der Waals surface area (Å²) in [5, 5.41) is 13.9. The van der Waals surface area contributed by atoms with E-state index in [9.17, 15) is 5.11 Å². The predicted molar refractivity (Wildman–Crippen MR) is 72.1 cm³/mol. The van der Waals surface area contributed by atoms with Gasteiger partial charge in [-0.25, -0.2) is 0 Å². The normalized spacial score (nSPS) is 39.9. The Morgan fingerprint density at radius 1 is 0.941 bits per heavy atom. The van der Waals surface area contributed by atoms with Crippen molar-refractivity contribution < 1.29 is 5.11 Å². The zero-order chi connectivity index (χ0) is 12.1. The highest BCUT2D eigenvalue weighted by Gasteiger charge is 2.26. The summed E-state index contributed by atoms with van der Waals surface area (Å²) in [7, 11) is 0. The Morgan fingerprint density at radius 2 is 1.65 bits per heavy atom. The number of rotatable bonds is 3. The molecule has 2 heteroatoms. The van der Waals surface area contributed by atoms with Crippen LogP contribution in [0.25, 0.3) is 0 Å². The fraction of sp³-hybridized carbons (Fsp3) is 1.00. The minimum Gasteiger partial charge on any atom is -0.392 e. The third-order valence-corrected chi connectivity index (χ3v) is 4.85. The molecular formula is C15H29NO. The molecule has 0 aliphatic heterocycles. The molecule has 0 spiro atoms. The summed E-state index contributed by atoms with van der Waals surface area (Å²) in [5.74, 6) is 0.965. The molecule has 2 unspecified atom stereocenters. The highest BCUT2D eigenvalue weighted by atomic mass is 16.3. The van der Waals surface area contributed by atoms with E-state index in [1.54, 1.807) is 0 Å². The quantitative estimate of drug-likeness (QED) is 0.741. The van der Waals surface area contributed by atoms with Gasteiger partial charge in [-0.05, 0) is 44.4 Å². The van der Waals surface area contributed by atoms with Crippen molar-refractivity contribution in [1.82, 2.24) is 5.32 Å². The molecule has 2 aliphatic rings. The largest absolute Gasteiger partial charge is 0.392 e. The van der Waals surface area contributed by atoms with Crippen LogP contribution in [0.2, 0.25) is 0 Å². The number of aliphatic hydroxyl groups is 1. The van der Waals surface area contributed by atoms with Crippen molar-refractivity contribution in [3.63, 3.8) is 0 Å². The maximum atomic E-state index is 10.1. The maximum absolute atomic E-state index is 10.1. The van der Waals surface area contributed by atoms with E-state index in [4.69, 9.17) is 0 Å². The molecule has 17 heavy (non-hydrogen) atoms. The SMILES string of the molecule is CCC1CCC(NC2CCCCCC2O)CC1. The van der Waals surface area contributed by atoms with Gasteiger partial charge in [-0.3, -0.25) is 0 Å². The number of hydrogen-bond acceptors (Lipinski definition) is 2. The van der Waals surface area contributed by atoms with Crippen LogP contribution in [0.1, 0.15) is 71.1 Å². The van der Waals surface area contributed by atoms with E-state index in [2.05, 4.69) is 12.2 Å². The number of aliphatic hydroxyl groups excluding tert-OH is 1. The van der Waals surface area contributed by atoms with Crippen LogP contribution < -0.4 is 5.32 Å². The van der Waals surface area contributed by atoms with Crippen LogP contribution in [-0.2, 0) is 0 Å². The van der Waals surface area contributed by atoms with E-state index in [1.807, 2.05) is 0 Å². The minimum absolute atomic E-state index is 0.0959. The fourth-order valence-corrected chi connectivity index (χ4v) is 3.52. The lowest BCUT2D eigenvalue weighted by Gasteiger charge is -2.33. The van der Waals surface area contributed by atoms with Crippen LogP contribution >= 0.6 is 0 Å². The summed E-state index contributed by atoms with van der Waals surface area (Å²) in [4.78, 5) is 0. The molecule has 0 saturated heterocycles. The van der Waals surface area contributed by atoms with Crippen molar-refractivity contribution in [3.8, 4) is 0 Å². The van der Waals surface area contributed by atoms with Gasteiger partial charge in [0.25, 0.3) is 0 Å². The molecule has 0 bridgehead atoms. The summed E-state index contributed by atoms with van der Waals surface area (Å²) in [6.45, 7) is 2.31. The summed E-state index contributed by atoms with van der Waals surface area (Å²) >= 11 is 0. The van der Waals surface area contributed by atoms with Crippen LogP contribution in [0.15, 0.2) is 0 Å². The summed E-state index contributed by atoms with van der Waals surface area (Å²) in [5.41, 5.74) is 0. The molecule has 0 aromatic heterocycles. The first-order valence-corrected chi connectivity index (χ1v) is 7.73. The second-order valence-electron chi connectivity index (χ2n) is 6.10. The molecular weight excluding hydrogens is 210 g/mol. The van der Waals surface area contributed by atoms with Crippen molar-refractivity contribution in [2.75, 3.05) is 0 Å². The van der Waals surface area contributed by atoms with Crippen LogP contribution in [0.3, 0.4) is 0 Å². The van der Waals surface area contributed by atoms with Gasteiger partial charge >= 0.3 is 0 Å². The zero-order valence-corrected chi connectivity index (χ0v) is 11.3. The topological polar surface area (TPSA) is 32.3 Å². The lowest BCUT2D eigenvalue weighted by atomic mass is 9.84. The van der Waals surface area contributed by atoms with Crippen molar-refractivity contribution in [2.45, 2.75) is 89.3 Å². The molecule has 0 heterocycles. The standard InChI is InChI=1S/C15H29NO/c1-2-12-8-10-13(11-9-12)16-14-6-4-3-5-7-15(14)17/h12-17H,2-11H2,1H3. The lowest BCUT2D eigenvalue weighted by molar-refractivity contribution is 0.107. The Kier molecular flexibility index (Phi) is 5.30.